The van der Waals surface area contributed by atoms with E-state index in [2.05, 4.69) is 73.2 Å². The summed E-state index contributed by atoms with van der Waals surface area (Å²) in [6.07, 6.45) is 2.62. The van der Waals surface area contributed by atoms with Gasteiger partial charge in [-0.15, -0.1) is 21.5 Å². The van der Waals surface area contributed by atoms with Gasteiger partial charge in [-0.05, 0) is 46.5 Å². The van der Waals surface area contributed by atoms with E-state index in [1.54, 1.807) is 23.6 Å². The summed E-state index contributed by atoms with van der Waals surface area (Å²) in [6, 6.07) is 5.78. The SMILES string of the molecule is CCCn1c(SCC(=O)Nc2ccc(Br)cn2)nnc1-c1csc(C(C)C)c1. The number of aromatic nitrogens is 4. The van der Waals surface area contributed by atoms with E-state index in [4.69, 9.17) is 0 Å². The second kappa shape index (κ2) is 9.67. The third-order valence-electron chi connectivity index (χ3n) is 3.94. The Labute approximate surface area is 181 Å². The first-order chi connectivity index (χ1) is 13.5. The van der Waals surface area contributed by atoms with Crippen molar-refractivity contribution in [3.8, 4) is 11.4 Å². The number of anilines is 1. The Bertz CT molecular complexity index is 936. The molecule has 148 valence electrons. The van der Waals surface area contributed by atoms with Crippen LogP contribution in [-0.2, 0) is 11.3 Å². The Balaban J connectivity index is 1.70. The van der Waals surface area contributed by atoms with Crippen LogP contribution >= 0.6 is 39.0 Å². The molecule has 0 bridgehead atoms. The fourth-order valence-corrected chi connectivity index (χ4v) is 4.47. The molecule has 0 unspecified atom stereocenters. The predicted octanol–water partition coefficient (Wildman–Crippen LogP) is 5.43. The fraction of sp³-hybridized carbons (Fsp3) is 0.368. The third-order valence-corrected chi connectivity index (χ3v) is 6.61. The number of nitrogens with one attached hydrogen (secondary N) is 1. The molecule has 0 radical (unpaired) electrons. The highest BCUT2D eigenvalue weighted by Gasteiger charge is 2.17. The van der Waals surface area contributed by atoms with Gasteiger partial charge in [0.05, 0.1) is 5.75 Å². The molecule has 0 atom stereocenters. The average Bonchev–Trinajstić information content (AvgIpc) is 3.29. The minimum absolute atomic E-state index is 0.120. The maximum atomic E-state index is 12.3. The van der Waals surface area contributed by atoms with Gasteiger partial charge in [0.15, 0.2) is 11.0 Å². The predicted molar refractivity (Wildman–Crippen MR) is 119 cm³/mol. The zero-order valence-corrected chi connectivity index (χ0v) is 19.2. The van der Waals surface area contributed by atoms with Crippen molar-refractivity contribution in [2.24, 2.45) is 0 Å². The van der Waals surface area contributed by atoms with Gasteiger partial charge in [-0.25, -0.2) is 4.98 Å². The van der Waals surface area contributed by atoms with Crippen LogP contribution in [0.3, 0.4) is 0 Å². The lowest BCUT2D eigenvalue weighted by molar-refractivity contribution is -0.113. The number of nitrogens with zero attached hydrogens (tertiary/aromatic N) is 4. The molecule has 0 spiro atoms. The molecule has 9 heteroatoms. The molecule has 1 amide bonds. The second-order valence-electron chi connectivity index (χ2n) is 6.55. The fourth-order valence-electron chi connectivity index (χ4n) is 2.57. The van der Waals surface area contributed by atoms with Crippen molar-refractivity contribution in [3.05, 3.63) is 39.1 Å². The van der Waals surface area contributed by atoms with E-state index in [9.17, 15) is 4.79 Å². The molecule has 6 nitrogen and oxygen atoms in total. The molecular formula is C19H22BrN5OS2. The third kappa shape index (κ3) is 5.21. The summed E-state index contributed by atoms with van der Waals surface area (Å²) in [5, 5.41) is 14.4. The minimum Gasteiger partial charge on any atom is -0.310 e. The Morgan fingerprint density at radius 1 is 1.36 bits per heavy atom. The topological polar surface area (TPSA) is 72.7 Å². The van der Waals surface area contributed by atoms with Crippen molar-refractivity contribution in [3.63, 3.8) is 0 Å². The van der Waals surface area contributed by atoms with E-state index in [-0.39, 0.29) is 11.7 Å². The van der Waals surface area contributed by atoms with E-state index in [1.165, 1.54) is 16.6 Å². The normalized spacial score (nSPS) is 11.2. The van der Waals surface area contributed by atoms with E-state index in [0.29, 0.717) is 11.7 Å². The van der Waals surface area contributed by atoms with Crippen LogP contribution in [0.15, 0.2) is 39.4 Å². The van der Waals surface area contributed by atoms with Crippen LogP contribution in [0.1, 0.15) is 38.0 Å². The standard InChI is InChI=1S/C19H22BrN5OS2/c1-4-7-25-18(13-8-15(12(2)3)27-10-13)23-24-19(25)28-11-17(26)22-16-6-5-14(20)9-21-16/h5-6,8-10,12H,4,7,11H2,1-3H3,(H,21,22,26). The molecule has 0 aromatic carbocycles. The molecule has 0 fully saturated rings. The van der Waals surface area contributed by atoms with Crippen LogP contribution in [0.5, 0.6) is 0 Å². The van der Waals surface area contributed by atoms with E-state index >= 15 is 0 Å². The highest BCUT2D eigenvalue weighted by Crippen LogP contribution is 2.31. The number of hydrogen-bond acceptors (Lipinski definition) is 6. The highest BCUT2D eigenvalue weighted by atomic mass is 79.9. The number of amides is 1. The molecule has 3 rings (SSSR count). The van der Waals surface area contributed by atoms with Gasteiger partial charge < -0.3 is 9.88 Å². The number of rotatable bonds is 8. The Morgan fingerprint density at radius 2 is 2.18 bits per heavy atom. The molecular weight excluding hydrogens is 458 g/mol. The van der Waals surface area contributed by atoms with Crippen molar-refractivity contribution in [2.45, 2.75) is 44.8 Å². The lowest BCUT2D eigenvalue weighted by Gasteiger charge is -2.08. The largest absolute Gasteiger partial charge is 0.310 e. The summed E-state index contributed by atoms with van der Waals surface area (Å²) in [4.78, 5) is 17.7. The first-order valence-electron chi connectivity index (χ1n) is 9.04. The van der Waals surface area contributed by atoms with E-state index < -0.39 is 0 Å². The number of pyridine rings is 1. The summed E-state index contributed by atoms with van der Waals surface area (Å²) in [7, 11) is 0. The quantitative estimate of drug-likeness (QED) is 0.436. The number of hydrogen-bond donors (Lipinski definition) is 1. The van der Waals surface area contributed by atoms with Crippen molar-refractivity contribution >= 4 is 50.8 Å². The van der Waals surface area contributed by atoms with Crippen LogP contribution < -0.4 is 5.32 Å². The number of halogens is 1. The number of thioether (sulfide) groups is 1. The van der Waals surface area contributed by atoms with Gasteiger partial charge in [0.25, 0.3) is 0 Å². The molecule has 1 N–H and O–H groups in total. The van der Waals surface area contributed by atoms with Crippen molar-refractivity contribution < 1.29 is 4.79 Å². The molecule has 0 aliphatic rings. The smallest absolute Gasteiger partial charge is 0.236 e. The van der Waals surface area contributed by atoms with Crippen LogP contribution in [0.4, 0.5) is 5.82 Å². The lowest BCUT2D eigenvalue weighted by Crippen LogP contribution is -2.15. The molecule has 3 aromatic rings. The van der Waals surface area contributed by atoms with Crippen LogP contribution in [0.2, 0.25) is 0 Å². The van der Waals surface area contributed by atoms with Gasteiger partial charge in [-0.3, -0.25) is 4.79 Å². The molecule has 0 saturated carbocycles. The zero-order chi connectivity index (χ0) is 20.1. The average molecular weight is 480 g/mol. The number of thiophene rings is 1. The van der Waals surface area contributed by atoms with E-state index in [0.717, 1.165) is 34.0 Å². The molecule has 28 heavy (non-hydrogen) atoms. The number of carbonyl (C=O) groups excluding carboxylic acids is 1. The van der Waals surface area contributed by atoms with Crippen molar-refractivity contribution in [1.82, 2.24) is 19.7 Å². The van der Waals surface area contributed by atoms with Gasteiger partial charge in [-0.1, -0.05) is 32.5 Å². The maximum Gasteiger partial charge on any atom is 0.236 e. The summed E-state index contributed by atoms with van der Waals surface area (Å²) in [6.45, 7) is 7.31. The summed E-state index contributed by atoms with van der Waals surface area (Å²) in [5.74, 6) is 2.02. The monoisotopic (exact) mass is 479 g/mol. The first-order valence-corrected chi connectivity index (χ1v) is 11.7. The second-order valence-corrected chi connectivity index (χ2v) is 9.35. The molecule has 3 aromatic heterocycles. The Morgan fingerprint density at radius 3 is 2.82 bits per heavy atom. The minimum atomic E-state index is -0.120. The molecule has 0 aliphatic carbocycles. The van der Waals surface area contributed by atoms with Crippen LogP contribution in [0, 0.1) is 0 Å². The summed E-state index contributed by atoms with van der Waals surface area (Å²) in [5.41, 5.74) is 1.09. The van der Waals surface area contributed by atoms with Crippen molar-refractivity contribution in [2.75, 3.05) is 11.1 Å². The summed E-state index contributed by atoms with van der Waals surface area (Å²) >= 11 is 6.47. The van der Waals surface area contributed by atoms with Crippen LogP contribution in [0.25, 0.3) is 11.4 Å². The molecule has 0 aliphatic heterocycles. The molecule has 0 saturated heterocycles. The van der Waals surface area contributed by atoms with Gasteiger partial charge in [0.1, 0.15) is 5.82 Å². The highest BCUT2D eigenvalue weighted by molar-refractivity contribution is 9.10. The van der Waals surface area contributed by atoms with Gasteiger partial charge in [-0.2, -0.15) is 0 Å². The van der Waals surface area contributed by atoms with Gasteiger partial charge >= 0.3 is 0 Å². The van der Waals surface area contributed by atoms with Gasteiger partial charge in [0.2, 0.25) is 5.91 Å². The van der Waals surface area contributed by atoms with E-state index in [1.807, 2.05) is 6.07 Å². The van der Waals surface area contributed by atoms with Gasteiger partial charge in [0, 0.05) is 33.0 Å². The van der Waals surface area contributed by atoms with Crippen molar-refractivity contribution in [1.29, 1.82) is 0 Å². The maximum absolute atomic E-state index is 12.3. The summed E-state index contributed by atoms with van der Waals surface area (Å²) < 4.78 is 2.97. The lowest BCUT2D eigenvalue weighted by atomic mass is 10.1. The zero-order valence-electron chi connectivity index (χ0n) is 16.0. The Kier molecular flexibility index (Phi) is 7.25. The first kappa shape index (κ1) is 21.0. The Hall–Kier alpha value is -1.71. The number of carbonyl (C=O) groups is 1. The molecule has 3 heterocycles. The van der Waals surface area contributed by atoms with Crippen LogP contribution in [-0.4, -0.2) is 31.4 Å².